The van der Waals surface area contributed by atoms with E-state index in [1.165, 1.54) is 54.2 Å². The smallest absolute Gasteiger partial charge is 0.143 e. The second kappa shape index (κ2) is 13.9. The summed E-state index contributed by atoms with van der Waals surface area (Å²) in [5, 5.41) is 12.3. The van der Waals surface area contributed by atoms with Gasteiger partial charge in [0, 0.05) is 33.4 Å². The van der Waals surface area contributed by atoms with Crippen molar-refractivity contribution >= 4 is 82.1 Å². The normalized spacial score (nSPS) is 11.7. The van der Waals surface area contributed by atoms with Crippen molar-refractivity contribution < 1.29 is 4.42 Å². The minimum Gasteiger partial charge on any atom is -0.455 e. The van der Waals surface area contributed by atoms with Gasteiger partial charge < -0.3 is 9.32 Å². The Kier molecular flexibility index (Phi) is 7.89. The van der Waals surface area contributed by atoms with Crippen LogP contribution in [0.25, 0.3) is 98.4 Å². The molecule has 60 heavy (non-hydrogen) atoms. The van der Waals surface area contributed by atoms with E-state index < -0.39 is 0 Å². The van der Waals surface area contributed by atoms with Gasteiger partial charge in [-0.15, -0.1) is 0 Å². The van der Waals surface area contributed by atoms with Crippen LogP contribution in [0.4, 0.5) is 17.1 Å². The van der Waals surface area contributed by atoms with Crippen LogP contribution >= 0.6 is 0 Å². The molecule has 12 rings (SSSR count). The van der Waals surface area contributed by atoms with Gasteiger partial charge in [-0.2, -0.15) is 0 Å². The van der Waals surface area contributed by atoms with E-state index in [2.05, 4.69) is 217 Å². The van der Waals surface area contributed by atoms with Crippen LogP contribution in [-0.4, -0.2) is 0 Å². The molecule has 0 atom stereocenters. The van der Waals surface area contributed by atoms with E-state index in [-0.39, 0.29) is 0 Å². The summed E-state index contributed by atoms with van der Waals surface area (Å²) < 4.78 is 6.46. The Hall–Kier alpha value is -7.94. The molecular weight excluding hydrogens is 727 g/mol. The molecule has 1 aromatic heterocycles. The maximum Gasteiger partial charge on any atom is 0.143 e. The highest BCUT2D eigenvalue weighted by Crippen LogP contribution is 2.42. The molecule has 2 heteroatoms. The SMILES string of the molecule is c1cc(-c2ccc3ccc4ccccc4c3c2)cc(N(c2ccc(-c3cccc4c3oc3ccccc34)cc2)c2cccc(-c3ccc4ccc5ccccc5c4c3)c2)c1. The van der Waals surface area contributed by atoms with Gasteiger partial charge in [0.2, 0.25) is 0 Å². The van der Waals surface area contributed by atoms with Gasteiger partial charge in [-0.05, 0) is 126 Å². The first-order chi connectivity index (χ1) is 29.7. The average Bonchev–Trinajstić information content (AvgIpc) is 3.71. The monoisotopic (exact) mass is 763 g/mol. The summed E-state index contributed by atoms with van der Waals surface area (Å²) >= 11 is 0. The van der Waals surface area contributed by atoms with E-state index >= 15 is 0 Å². The quantitative estimate of drug-likeness (QED) is 0.157. The molecule has 280 valence electrons. The van der Waals surface area contributed by atoms with Crippen molar-refractivity contribution in [3.8, 4) is 33.4 Å². The predicted octanol–water partition coefficient (Wildman–Crippen LogP) is 16.7. The number of nitrogens with zero attached hydrogens (tertiary/aromatic N) is 1. The maximum atomic E-state index is 6.46. The topological polar surface area (TPSA) is 16.4 Å². The Bertz CT molecular complexity index is 3450. The van der Waals surface area contributed by atoms with Crippen LogP contribution in [0.3, 0.4) is 0 Å². The Morgan fingerprint density at radius 1 is 0.267 bits per heavy atom. The second-order valence-electron chi connectivity index (χ2n) is 15.7. The maximum absolute atomic E-state index is 6.46. The molecule has 0 N–H and O–H groups in total. The van der Waals surface area contributed by atoms with Crippen LogP contribution in [0.5, 0.6) is 0 Å². The molecule has 0 spiro atoms. The largest absolute Gasteiger partial charge is 0.455 e. The van der Waals surface area contributed by atoms with Crippen molar-refractivity contribution in [1.29, 1.82) is 0 Å². The minimum absolute atomic E-state index is 0.904. The van der Waals surface area contributed by atoms with Crippen molar-refractivity contribution in [3.63, 3.8) is 0 Å². The lowest BCUT2D eigenvalue weighted by molar-refractivity contribution is 0.670. The van der Waals surface area contributed by atoms with Crippen molar-refractivity contribution in [1.82, 2.24) is 0 Å². The first-order valence-corrected chi connectivity index (χ1v) is 20.6. The molecule has 0 saturated heterocycles. The molecule has 2 nitrogen and oxygen atoms in total. The van der Waals surface area contributed by atoms with Gasteiger partial charge in [-0.1, -0.05) is 170 Å². The highest BCUT2D eigenvalue weighted by atomic mass is 16.3. The van der Waals surface area contributed by atoms with Gasteiger partial charge in [0.05, 0.1) is 0 Å². The highest BCUT2D eigenvalue weighted by molar-refractivity contribution is 6.11. The molecule has 0 aliphatic rings. The Balaban J connectivity index is 0.997. The van der Waals surface area contributed by atoms with Gasteiger partial charge in [0.15, 0.2) is 0 Å². The van der Waals surface area contributed by atoms with Crippen molar-refractivity contribution in [2.75, 3.05) is 4.90 Å². The Morgan fingerprint density at radius 3 is 1.32 bits per heavy atom. The van der Waals surface area contributed by atoms with Crippen molar-refractivity contribution in [2.45, 2.75) is 0 Å². The summed E-state index contributed by atoms with van der Waals surface area (Å²) in [4.78, 5) is 2.38. The minimum atomic E-state index is 0.904. The van der Waals surface area contributed by atoms with E-state index in [9.17, 15) is 0 Å². The third-order valence-electron chi connectivity index (χ3n) is 12.2. The van der Waals surface area contributed by atoms with Gasteiger partial charge in [0.25, 0.3) is 0 Å². The fraction of sp³-hybridized carbons (Fsp3) is 0. The summed E-state index contributed by atoms with van der Waals surface area (Å²) in [6.07, 6.45) is 0. The third kappa shape index (κ3) is 5.73. The Labute approximate surface area is 347 Å². The Morgan fingerprint density at radius 2 is 0.717 bits per heavy atom. The molecular formula is C58H37NO. The standard InChI is InChI=1S/C58H37NO/c1-3-16-50-38(10-1)22-24-41-26-28-45(36-55(41)50)43-12-7-14-48(34-43)59(47-32-30-40(31-33-47)52-19-9-20-54-53-18-5-6-21-57(53)60-58(52)54)49-15-8-13-44(35-49)46-29-27-42-25-23-39-11-2-4-17-51(39)56(42)37-46/h1-37H. The lowest BCUT2D eigenvalue weighted by Gasteiger charge is -2.27. The summed E-state index contributed by atoms with van der Waals surface area (Å²) in [6.45, 7) is 0. The number of rotatable bonds is 6. The fourth-order valence-corrected chi connectivity index (χ4v) is 9.22. The van der Waals surface area contributed by atoms with Crippen LogP contribution in [-0.2, 0) is 0 Å². The molecule has 12 aromatic rings. The molecule has 0 bridgehead atoms. The molecule has 0 aliphatic carbocycles. The van der Waals surface area contributed by atoms with E-state index in [4.69, 9.17) is 4.42 Å². The van der Waals surface area contributed by atoms with E-state index in [1.54, 1.807) is 0 Å². The lowest BCUT2D eigenvalue weighted by atomic mass is 9.96. The van der Waals surface area contributed by atoms with E-state index in [0.29, 0.717) is 0 Å². The van der Waals surface area contributed by atoms with Crippen LogP contribution in [0.2, 0.25) is 0 Å². The van der Waals surface area contributed by atoms with Gasteiger partial charge in [-0.3, -0.25) is 0 Å². The zero-order valence-electron chi connectivity index (χ0n) is 32.7. The van der Waals surface area contributed by atoms with Crippen LogP contribution < -0.4 is 4.90 Å². The predicted molar refractivity (Wildman–Crippen MR) is 255 cm³/mol. The zero-order chi connectivity index (χ0) is 39.6. The highest BCUT2D eigenvalue weighted by Gasteiger charge is 2.17. The van der Waals surface area contributed by atoms with E-state index in [1.807, 2.05) is 12.1 Å². The molecule has 0 aliphatic heterocycles. The molecule has 0 saturated carbocycles. The number of furan rings is 1. The van der Waals surface area contributed by atoms with Gasteiger partial charge in [-0.25, -0.2) is 0 Å². The van der Waals surface area contributed by atoms with Crippen LogP contribution in [0, 0.1) is 0 Å². The van der Waals surface area contributed by atoms with Gasteiger partial charge in [0.1, 0.15) is 11.2 Å². The summed E-state index contributed by atoms with van der Waals surface area (Å²) in [5.41, 5.74) is 11.9. The zero-order valence-corrected chi connectivity index (χ0v) is 32.7. The first-order valence-electron chi connectivity index (χ1n) is 20.6. The average molecular weight is 764 g/mol. The molecule has 0 fully saturated rings. The summed E-state index contributed by atoms with van der Waals surface area (Å²) in [7, 11) is 0. The molecule has 11 aromatic carbocycles. The number of anilines is 3. The molecule has 0 amide bonds. The number of para-hydroxylation sites is 2. The second-order valence-corrected chi connectivity index (χ2v) is 15.7. The number of benzene rings is 11. The number of hydrogen-bond acceptors (Lipinski definition) is 2. The molecule has 1 heterocycles. The summed E-state index contributed by atoms with van der Waals surface area (Å²) in [6, 6.07) is 81.4. The first kappa shape index (κ1) is 34.1. The molecule has 0 unspecified atom stereocenters. The number of fused-ring (bicyclic) bond motifs is 9. The van der Waals surface area contributed by atoms with Gasteiger partial charge >= 0.3 is 0 Å². The third-order valence-corrected chi connectivity index (χ3v) is 12.2. The fourth-order valence-electron chi connectivity index (χ4n) is 9.22. The van der Waals surface area contributed by atoms with Crippen molar-refractivity contribution in [3.05, 3.63) is 224 Å². The molecule has 0 radical (unpaired) electrons. The van der Waals surface area contributed by atoms with Crippen LogP contribution in [0.1, 0.15) is 0 Å². The van der Waals surface area contributed by atoms with Crippen LogP contribution in [0.15, 0.2) is 229 Å². The number of hydrogen-bond donors (Lipinski definition) is 0. The summed E-state index contributed by atoms with van der Waals surface area (Å²) in [5.74, 6) is 0. The van der Waals surface area contributed by atoms with Crippen molar-refractivity contribution in [2.24, 2.45) is 0 Å². The lowest BCUT2D eigenvalue weighted by Crippen LogP contribution is -2.10. The van der Waals surface area contributed by atoms with E-state index in [0.717, 1.165) is 61.3 Å².